The van der Waals surface area contributed by atoms with Crippen molar-refractivity contribution in [2.24, 2.45) is 0 Å². The first-order chi connectivity index (χ1) is 10.6. The minimum Gasteiger partial charge on any atom is -0.392 e. The molecule has 1 aromatic carbocycles. The minimum absolute atomic E-state index is 0.0339. The van der Waals surface area contributed by atoms with Crippen molar-refractivity contribution in [1.82, 2.24) is 0 Å². The van der Waals surface area contributed by atoms with E-state index in [1.165, 1.54) is 0 Å². The van der Waals surface area contributed by atoms with Gasteiger partial charge in [-0.1, -0.05) is 42.5 Å². The van der Waals surface area contributed by atoms with Crippen LogP contribution in [0, 0.1) is 0 Å². The number of aliphatic hydroxyl groups is 1. The van der Waals surface area contributed by atoms with Crippen LogP contribution in [-0.2, 0) is 25.6 Å². The molecule has 1 aromatic rings. The summed E-state index contributed by atoms with van der Waals surface area (Å²) in [4.78, 5) is 0. The maximum atomic E-state index is 8.96. The Morgan fingerprint density at radius 2 is 2.00 bits per heavy atom. The monoisotopic (exact) mass is 306 g/mol. The molecule has 0 bridgehead atoms. The minimum atomic E-state index is -0.671. The van der Waals surface area contributed by atoms with Gasteiger partial charge in [0.05, 0.1) is 13.2 Å². The average molecular weight is 306 g/mol. The van der Waals surface area contributed by atoms with Gasteiger partial charge in [0.25, 0.3) is 0 Å². The highest BCUT2D eigenvalue weighted by atomic mass is 16.8. The van der Waals surface area contributed by atoms with Crippen LogP contribution in [0.25, 0.3) is 0 Å². The van der Waals surface area contributed by atoms with Crippen LogP contribution in [0.4, 0.5) is 0 Å². The van der Waals surface area contributed by atoms with Crippen molar-refractivity contribution in [3.63, 3.8) is 0 Å². The standard InChI is InChI=1S/C17H22O5/c1-17(2)21-15-14(19-11-12-7-4-3-5-8-12)13(9-6-10-18)20-16(15)22-17/h3-9,13-16,18H,10-11H2,1-2H3/b9-6+/t13-,14-,15-,16-/m1/s1. The van der Waals surface area contributed by atoms with Crippen molar-refractivity contribution >= 4 is 0 Å². The quantitative estimate of drug-likeness (QED) is 0.843. The second-order valence-corrected chi connectivity index (χ2v) is 5.94. The van der Waals surface area contributed by atoms with Crippen LogP contribution in [-0.4, -0.2) is 42.1 Å². The van der Waals surface area contributed by atoms with Crippen LogP contribution in [0.2, 0.25) is 0 Å². The molecule has 2 saturated heterocycles. The van der Waals surface area contributed by atoms with E-state index in [0.717, 1.165) is 5.56 Å². The third-order valence-electron chi connectivity index (χ3n) is 3.74. The zero-order valence-corrected chi connectivity index (χ0v) is 12.8. The van der Waals surface area contributed by atoms with Crippen LogP contribution >= 0.6 is 0 Å². The summed E-state index contributed by atoms with van der Waals surface area (Å²) < 4.78 is 23.6. The molecule has 0 spiro atoms. The lowest BCUT2D eigenvalue weighted by atomic mass is 10.1. The largest absolute Gasteiger partial charge is 0.392 e. The Kier molecular flexibility index (Phi) is 4.61. The summed E-state index contributed by atoms with van der Waals surface area (Å²) in [6.07, 6.45) is 2.18. The second-order valence-electron chi connectivity index (χ2n) is 5.94. The highest BCUT2D eigenvalue weighted by Gasteiger charge is 2.54. The Balaban J connectivity index is 1.70. The van der Waals surface area contributed by atoms with Gasteiger partial charge in [-0.15, -0.1) is 0 Å². The van der Waals surface area contributed by atoms with Gasteiger partial charge in [-0.2, -0.15) is 0 Å². The Hall–Kier alpha value is -1.24. The molecule has 22 heavy (non-hydrogen) atoms. The number of aliphatic hydroxyl groups excluding tert-OH is 1. The maximum absolute atomic E-state index is 8.96. The lowest BCUT2D eigenvalue weighted by molar-refractivity contribution is -0.213. The van der Waals surface area contributed by atoms with Crippen molar-refractivity contribution in [3.8, 4) is 0 Å². The molecule has 120 valence electrons. The Morgan fingerprint density at radius 3 is 2.73 bits per heavy atom. The molecule has 0 amide bonds. The van der Waals surface area contributed by atoms with Gasteiger partial charge in [-0.3, -0.25) is 0 Å². The average Bonchev–Trinajstić information content (AvgIpc) is 2.95. The van der Waals surface area contributed by atoms with Gasteiger partial charge < -0.3 is 24.1 Å². The lowest BCUT2D eigenvalue weighted by Crippen LogP contribution is -2.36. The molecule has 1 N–H and O–H groups in total. The third-order valence-corrected chi connectivity index (χ3v) is 3.74. The number of rotatable bonds is 5. The number of ether oxygens (including phenoxy) is 4. The number of benzene rings is 1. The summed E-state index contributed by atoms with van der Waals surface area (Å²) in [7, 11) is 0. The van der Waals surface area contributed by atoms with Gasteiger partial charge >= 0.3 is 0 Å². The number of hydrogen-bond acceptors (Lipinski definition) is 5. The maximum Gasteiger partial charge on any atom is 0.190 e. The van der Waals surface area contributed by atoms with E-state index in [1.807, 2.05) is 44.2 Å². The molecule has 0 aromatic heterocycles. The fourth-order valence-corrected chi connectivity index (χ4v) is 2.81. The summed E-state index contributed by atoms with van der Waals surface area (Å²) >= 11 is 0. The van der Waals surface area contributed by atoms with E-state index in [1.54, 1.807) is 12.2 Å². The van der Waals surface area contributed by atoms with Crippen molar-refractivity contribution < 1.29 is 24.1 Å². The molecule has 0 aliphatic carbocycles. The van der Waals surface area contributed by atoms with Gasteiger partial charge in [0.2, 0.25) is 0 Å². The van der Waals surface area contributed by atoms with Crippen LogP contribution in [0.3, 0.4) is 0 Å². The topological polar surface area (TPSA) is 57.2 Å². The van der Waals surface area contributed by atoms with Gasteiger partial charge in [-0.25, -0.2) is 0 Å². The molecule has 2 aliphatic heterocycles. The van der Waals surface area contributed by atoms with Crippen molar-refractivity contribution in [1.29, 1.82) is 0 Å². The zero-order chi connectivity index (χ0) is 15.6. The summed E-state index contributed by atoms with van der Waals surface area (Å²) in [6.45, 7) is 4.17. The fourth-order valence-electron chi connectivity index (χ4n) is 2.81. The number of hydrogen-bond donors (Lipinski definition) is 1. The van der Waals surface area contributed by atoms with E-state index in [0.29, 0.717) is 6.61 Å². The van der Waals surface area contributed by atoms with Crippen molar-refractivity contribution in [2.75, 3.05) is 6.61 Å². The molecule has 5 heteroatoms. The molecule has 2 fully saturated rings. The highest BCUT2D eigenvalue weighted by Crippen LogP contribution is 2.39. The molecular formula is C17H22O5. The first-order valence-corrected chi connectivity index (χ1v) is 7.53. The van der Waals surface area contributed by atoms with Gasteiger partial charge in [-0.05, 0) is 19.4 Å². The third kappa shape index (κ3) is 3.39. The molecule has 3 rings (SSSR count). The Labute approximate surface area is 130 Å². The molecule has 2 aliphatic rings. The van der Waals surface area contributed by atoms with Crippen LogP contribution < -0.4 is 0 Å². The van der Waals surface area contributed by atoms with E-state index in [-0.39, 0.29) is 24.9 Å². The lowest BCUT2D eigenvalue weighted by Gasteiger charge is -2.24. The normalized spacial score (nSPS) is 33.4. The van der Waals surface area contributed by atoms with E-state index in [9.17, 15) is 0 Å². The van der Waals surface area contributed by atoms with Gasteiger partial charge in [0.1, 0.15) is 18.3 Å². The SMILES string of the molecule is CC1(C)O[C@H]2O[C@H](/C=C/CO)[C@@H](OCc3ccccc3)[C@H]2O1. The first kappa shape index (κ1) is 15.6. The molecule has 0 unspecified atom stereocenters. The van der Waals surface area contributed by atoms with Crippen LogP contribution in [0.1, 0.15) is 19.4 Å². The number of fused-ring (bicyclic) bond motifs is 1. The summed E-state index contributed by atoms with van der Waals surface area (Å²) in [5, 5.41) is 8.96. The van der Waals surface area contributed by atoms with E-state index >= 15 is 0 Å². The van der Waals surface area contributed by atoms with Gasteiger partial charge in [0, 0.05) is 0 Å². The van der Waals surface area contributed by atoms with Crippen LogP contribution in [0.5, 0.6) is 0 Å². The Bertz CT molecular complexity index is 513. The molecule has 0 saturated carbocycles. The smallest absolute Gasteiger partial charge is 0.190 e. The summed E-state index contributed by atoms with van der Waals surface area (Å²) in [5.74, 6) is -0.671. The molecule has 5 nitrogen and oxygen atoms in total. The molecule has 0 radical (unpaired) electrons. The summed E-state index contributed by atoms with van der Waals surface area (Å²) in [5.41, 5.74) is 1.09. The molecular weight excluding hydrogens is 284 g/mol. The van der Waals surface area contributed by atoms with Crippen molar-refractivity contribution in [3.05, 3.63) is 48.0 Å². The fraction of sp³-hybridized carbons (Fsp3) is 0.529. The van der Waals surface area contributed by atoms with Crippen LogP contribution in [0.15, 0.2) is 42.5 Å². The second kappa shape index (κ2) is 6.48. The predicted octanol–water partition coefficient (Wildman–Crippen LogP) is 2.00. The highest BCUT2D eigenvalue weighted by molar-refractivity contribution is 5.14. The van der Waals surface area contributed by atoms with E-state index in [4.69, 9.17) is 24.1 Å². The first-order valence-electron chi connectivity index (χ1n) is 7.53. The van der Waals surface area contributed by atoms with E-state index < -0.39 is 12.1 Å². The predicted molar refractivity (Wildman–Crippen MR) is 79.9 cm³/mol. The van der Waals surface area contributed by atoms with Gasteiger partial charge in [0.15, 0.2) is 12.1 Å². The van der Waals surface area contributed by atoms with E-state index in [2.05, 4.69) is 0 Å². The van der Waals surface area contributed by atoms with Crippen molar-refractivity contribution in [2.45, 2.75) is 50.8 Å². The molecule has 2 heterocycles. The molecule has 4 atom stereocenters. The zero-order valence-electron chi connectivity index (χ0n) is 12.8. The summed E-state index contributed by atoms with van der Waals surface area (Å²) in [6, 6.07) is 9.97. The Morgan fingerprint density at radius 1 is 1.23 bits per heavy atom.